The van der Waals surface area contributed by atoms with E-state index in [-0.39, 0.29) is 6.61 Å². The number of hydrogen-bond acceptors (Lipinski definition) is 2. The van der Waals surface area contributed by atoms with Gasteiger partial charge in [0.15, 0.2) is 0 Å². The molecule has 2 N–H and O–H groups in total. The number of hydrogen-bond donors (Lipinski definition) is 2. The summed E-state index contributed by atoms with van der Waals surface area (Å²) in [5.74, 6) is 0.689. The van der Waals surface area contributed by atoms with E-state index in [2.05, 4.69) is 26.1 Å². The monoisotopic (exact) mass is 207 g/mol. The van der Waals surface area contributed by atoms with Gasteiger partial charge in [-0.05, 0) is 25.3 Å². The topological polar surface area (TPSA) is 32.3 Å². The van der Waals surface area contributed by atoms with Gasteiger partial charge < -0.3 is 10.4 Å². The maximum absolute atomic E-state index is 9.17. The Bertz CT molecular complexity index is 296. The largest absolute Gasteiger partial charge is 0.392 e. The number of aliphatic hydroxyl groups is 1. The highest BCUT2D eigenvalue weighted by molar-refractivity contribution is 5.51. The van der Waals surface area contributed by atoms with Crippen molar-refractivity contribution >= 4 is 5.69 Å². The summed E-state index contributed by atoms with van der Waals surface area (Å²) in [7, 11) is 0. The molecule has 0 aliphatic heterocycles. The van der Waals surface area contributed by atoms with Crippen LogP contribution >= 0.6 is 0 Å². The van der Waals surface area contributed by atoms with Gasteiger partial charge in [0, 0.05) is 17.3 Å². The highest BCUT2D eigenvalue weighted by Gasteiger charge is 2.06. The molecule has 1 aromatic rings. The molecular formula is C13H21NO. The lowest BCUT2D eigenvalue weighted by atomic mass is 10.0. The number of rotatable bonds is 5. The summed E-state index contributed by atoms with van der Waals surface area (Å²) in [6.45, 7) is 6.71. The molecule has 0 aromatic heterocycles. The van der Waals surface area contributed by atoms with Crippen molar-refractivity contribution in [2.75, 3.05) is 5.32 Å². The lowest BCUT2D eigenvalue weighted by Crippen LogP contribution is -2.18. The first-order chi connectivity index (χ1) is 7.13. The van der Waals surface area contributed by atoms with Crippen molar-refractivity contribution in [3.8, 4) is 0 Å². The molecule has 0 spiro atoms. The van der Waals surface area contributed by atoms with Gasteiger partial charge in [-0.3, -0.25) is 0 Å². The zero-order valence-electron chi connectivity index (χ0n) is 9.83. The Morgan fingerprint density at radius 3 is 2.47 bits per heavy atom. The third-order valence-corrected chi connectivity index (χ3v) is 2.41. The fraction of sp³-hybridized carbons (Fsp3) is 0.538. The van der Waals surface area contributed by atoms with E-state index in [0.717, 1.165) is 17.7 Å². The van der Waals surface area contributed by atoms with Gasteiger partial charge in [0.1, 0.15) is 0 Å². The molecular weight excluding hydrogens is 186 g/mol. The van der Waals surface area contributed by atoms with Crippen LogP contribution < -0.4 is 5.32 Å². The number of anilines is 1. The summed E-state index contributed by atoms with van der Waals surface area (Å²) in [6.07, 6.45) is 1.14. The van der Waals surface area contributed by atoms with Crippen LogP contribution in [0.25, 0.3) is 0 Å². The zero-order chi connectivity index (χ0) is 11.3. The van der Waals surface area contributed by atoms with Gasteiger partial charge in [-0.2, -0.15) is 0 Å². The normalized spacial score (nSPS) is 12.9. The summed E-state index contributed by atoms with van der Waals surface area (Å²) in [6, 6.07) is 8.35. The summed E-state index contributed by atoms with van der Waals surface area (Å²) in [5, 5.41) is 12.6. The van der Waals surface area contributed by atoms with Crippen LogP contribution in [0.15, 0.2) is 24.3 Å². The fourth-order valence-electron chi connectivity index (χ4n) is 1.83. The van der Waals surface area contributed by atoms with Crippen molar-refractivity contribution in [2.24, 2.45) is 5.92 Å². The first kappa shape index (κ1) is 12.1. The Hall–Kier alpha value is -1.02. The highest BCUT2D eigenvalue weighted by atomic mass is 16.3. The summed E-state index contributed by atoms with van der Waals surface area (Å²) in [4.78, 5) is 0. The summed E-state index contributed by atoms with van der Waals surface area (Å²) < 4.78 is 0. The van der Waals surface area contributed by atoms with Crippen LogP contribution in [0.1, 0.15) is 32.8 Å². The Morgan fingerprint density at radius 2 is 1.87 bits per heavy atom. The predicted molar refractivity (Wildman–Crippen MR) is 64.9 cm³/mol. The molecule has 0 unspecified atom stereocenters. The molecule has 0 aliphatic carbocycles. The fourth-order valence-corrected chi connectivity index (χ4v) is 1.83. The molecule has 0 aliphatic rings. The predicted octanol–water partition coefficient (Wildman–Crippen LogP) is 3.03. The van der Waals surface area contributed by atoms with Crippen molar-refractivity contribution in [3.63, 3.8) is 0 Å². The van der Waals surface area contributed by atoms with Crippen LogP contribution in [0.3, 0.4) is 0 Å². The van der Waals surface area contributed by atoms with Gasteiger partial charge in [-0.15, -0.1) is 0 Å². The van der Waals surface area contributed by atoms with E-state index in [0.29, 0.717) is 12.0 Å². The molecule has 0 fully saturated rings. The van der Waals surface area contributed by atoms with Crippen molar-refractivity contribution in [1.29, 1.82) is 0 Å². The molecule has 0 amide bonds. The molecule has 0 radical (unpaired) electrons. The average molecular weight is 207 g/mol. The molecule has 2 heteroatoms. The lowest BCUT2D eigenvalue weighted by molar-refractivity contribution is 0.282. The van der Waals surface area contributed by atoms with E-state index in [1.54, 1.807) is 0 Å². The van der Waals surface area contributed by atoms with Crippen LogP contribution in [-0.2, 0) is 6.61 Å². The smallest absolute Gasteiger partial charge is 0.0701 e. The standard InChI is InChI=1S/C13H21NO/c1-10(2)8-11(3)14-13-7-5-4-6-12(13)9-15/h4-7,10-11,14-15H,8-9H2,1-3H3/t11-/m0/s1. The van der Waals surface area contributed by atoms with Gasteiger partial charge >= 0.3 is 0 Å². The first-order valence-corrected chi connectivity index (χ1v) is 5.58. The van der Waals surface area contributed by atoms with Gasteiger partial charge in [-0.25, -0.2) is 0 Å². The van der Waals surface area contributed by atoms with Crippen molar-refractivity contribution in [3.05, 3.63) is 29.8 Å². The molecule has 0 saturated carbocycles. The van der Waals surface area contributed by atoms with Crippen LogP contribution in [0.5, 0.6) is 0 Å². The third-order valence-electron chi connectivity index (χ3n) is 2.41. The number of benzene rings is 1. The maximum atomic E-state index is 9.17. The molecule has 0 bridgehead atoms. The van der Waals surface area contributed by atoms with Gasteiger partial charge in [0.05, 0.1) is 6.61 Å². The Kier molecular flexibility index (Phi) is 4.63. The van der Waals surface area contributed by atoms with E-state index in [1.165, 1.54) is 0 Å². The Morgan fingerprint density at radius 1 is 1.20 bits per heavy atom. The second-order valence-corrected chi connectivity index (χ2v) is 4.49. The minimum Gasteiger partial charge on any atom is -0.392 e. The Balaban J connectivity index is 2.63. The van der Waals surface area contributed by atoms with Crippen molar-refractivity contribution in [1.82, 2.24) is 0 Å². The molecule has 0 heterocycles. The first-order valence-electron chi connectivity index (χ1n) is 5.58. The lowest BCUT2D eigenvalue weighted by Gasteiger charge is -2.19. The van der Waals surface area contributed by atoms with Crippen molar-refractivity contribution < 1.29 is 5.11 Å². The number of nitrogens with one attached hydrogen (secondary N) is 1. The molecule has 2 nitrogen and oxygen atoms in total. The number of para-hydroxylation sites is 1. The Labute approximate surface area is 92.3 Å². The van der Waals surface area contributed by atoms with Crippen molar-refractivity contribution in [2.45, 2.75) is 39.8 Å². The van der Waals surface area contributed by atoms with Gasteiger partial charge in [-0.1, -0.05) is 32.0 Å². The molecule has 1 aromatic carbocycles. The SMILES string of the molecule is CC(C)C[C@H](C)Nc1ccccc1CO. The molecule has 1 rings (SSSR count). The van der Waals surface area contributed by atoms with Crippen LogP contribution in [-0.4, -0.2) is 11.1 Å². The van der Waals surface area contributed by atoms with E-state index in [1.807, 2.05) is 24.3 Å². The maximum Gasteiger partial charge on any atom is 0.0701 e. The van der Waals surface area contributed by atoms with Crippen LogP contribution in [0.4, 0.5) is 5.69 Å². The van der Waals surface area contributed by atoms with Crippen LogP contribution in [0.2, 0.25) is 0 Å². The zero-order valence-corrected chi connectivity index (χ0v) is 9.83. The molecule has 15 heavy (non-hydrogen) atoms. The van der Waals surface area contributed by atoms with Gasteiger partial charge in [0.25, 0.3) is 0 Å². The third kappa shape index (κ3) is 3.92. The van der Waals surface area contributed by atoms with E-state index < -0.39 is 0 Å². The molecule has 1 atom stereocenters. The minimum atomic E-state index is 0.0948. The van der Waals surface area contributed by atoms with E-state index in [9.17, 15) is 5.11 Å². The quantitative estimate of drug-likeness (QED) is 0.778. The van der Waals surface area contributed by atoms with Gasteiger partial charge in [0.2, 0.25) is 0 Å². The summed E-state index contributed by atoms with van der Waals surface area (Å²) in [5.41, 5.74) is 2.02. The summed E-state index contributed by atoms with van der Waals surface area (Å²) >= 11 is 0. The average Bonchev–Trinajstić information content (AvgIpc) is 2.17. The van der Waals surface area contributed by atoms with Crippen LogP contribution in [0, 0.1) is 5.92 Å². The second kappa shape index (κ2) is 5.76. The molecule has 0 saturated heterocycles. The molecule has 84 valence electrons. The highest BCUT2D eigenvalue weighted by Crippen LogP contribution is 2.17. The van der Waals surface area contributed by atoms with E-state index >= 15 is 0 Å². The second-order valence-electron chi connectivity index (χ2n) is 4.49. The number of aliphatic hydroxyl groups excluding tert-OH is 1. The van der Waals surface area contributed by atoms with E-state index in [4.69, 9.17) is 0 Å². The minimum absolute atomic E-state index is 0.0948.